The number of aromatic nitrogens is 2. The topological polar surface area (TPSA) is 20.5 Å². The minimum absolute atomic E-state index is 0.940. The summed E-state index contributed by atoms with van der Waals surface area (Å²) in [5.41, 5.74) is 11.2. The third-order valence-corrected chi connectivity index (χ3v) is 11.0. The first kappa shape index (κ1) is 29.4. The highest BCUT2D eigenvalue weighted by molar-refractivity contribution is 7.26. The molecular weight excluding hydrogens is 639 g/mol. The minimum atomic E-state index is 0.940. The van der Waals surface area contributed by atoms with Gasteiger partial charge in [-0.2, -0.15) is 0 Å². The van der Waals surface area contributed by atoms with Crippen molar-refractivity contribution in [3.63, 3.8) is 0 Å². The van der Waals surface area contributed by atoms with Crippen LogP contribution in [0.1, 0.15) is 0 Å². The van der Waals surface area contributed by atoms with Crippen molar-refractivity contribution in [2.24, 2.45) is 0 Å². The van der Waals surface area contributed by atoms with Crippen molar-refractivity contribution in [3.8, 4) is 33.5 Å². The number of benzene rings is 7. The molecule has 0 bridgehead atoms. The van der Waals surface area contributed by atoms with Crippen LogP contribution in [0, 0.1) is 0 Å². The number of imidazole rings is 1. The monoisotopic (exact) mass is 669 g/mol. The van der Waals surface area contributed by atoms with Gasteiger partial charge in [-0.1, -0.05) is 121 Å². The van der Waals surface area contributed by atoms with Gasteiger partial charge in [0.05, 0.1) is 16.1 Å². The first-order valence-corrected chi connectivity index (χ1v) is 18.0. The maximum Gasteiger partial charge on any atom is 0.137 e. The van der Waals surface area contributed by atoms with E-state index in [1.165, 1.54) is 58.9 Å². The van der Waals surface area contributed by atoms with E-state index in [-0.39, 0.29) is 0 Å². The molecule has 0 atom stereocenters. The molecule has 0 amide bonds. The number of thiophene rings is 1. The average Bonchev–Trinajstić information content (AvgIpc) is 3.82. The Morgan fingerprint density at radius 1 is 0.490 bits per heavy atom. The Bertz CT molecular complexity index is 2800. The highest BCUT2D eigenvalue weighted by Crippen LogP contribution is 2.49. The normalized spacial score (nSPS) is 11.5. The smallest absolute Gasteiger partial charge is 0.137 e. The summed E-state index contributed by atoms with van der Waals surface area (Å²) in [5, 5.41) is 5.08. The van der Waals surface area contributed by atoms with Gasteiger partial charge < -0.3 is 9.30 Å². The zero-order valence-corrected chi connectivity index (χ0v) is 28.5. The fourth-order valence-electron chi connectivity index (χ4n) is 7.30. The molecule has 10 rings (SSSR count). The molecule has 0 unspecified atom stereocenters. The summed E-state index contributed by atoms with van der Waals surface area (Å²) in [5.74, 6) is 0. The van der Waals surface area contributed by atoms with Gasteiger partial charge in [0, 0.05) is 44.8 Å². The van der Waals surface area contributed by atoms with E-state index in [1.807, 2.05) is 35.7 Å². The SMILES string of the molecule is c1ccc(-c2ccc(N(c3ccc(-c4cn5ccccc5n4)cc3)c3cc4ccccc4c4c3sc3ccc(-c5ccccc5)cc34)cc2)cc1. The number of fused-ring (bicyclic) bond motifs is 6. The number of nitrogens with zero attached hydrogens (tertiary/aromatic N) is 3. The van der Waals surface area contributed by atoms with E-state index in [0.717, 1.165) is 28.3 Å². The van der Waals surface area contributed by atoms with E-state index in [2.05, 4.69) is 173 Å². The maximum absolute atomic E-state index is 4.89. The van der Waals surface area contributed by atoms with Crippen LogP contribution in [0.4, 0.5) is 17.1 Å². The number of hydrogen-bond donors (Lipinski definition) is 0. The molecule has 3 nitrogen and oxygen atoms in total. The number of anilines is 3. The summed E-state index contributed by atoms with van der Waals surface area (Å²) >= 11 is 1.87. The predicted octanol–water partition coefficient (Wildman–Crippen LogP) is 13.3. The molecule has 0 aliphatic heterocycles. The van der Waals surface area contributed by atoms with Crippen LogP contribution in [0.25, 0.3) is 70.1 Å². The van der Waals surface area contributed by atoms with Crippen LogP contribution in [0.2, 0.25) is 0 Å². The van der Waals surface area contributed by atoms with Gasteiger partial charge in [-0.05, 0) is 87.6 Å². The largest absolute Gasteiger partial charge is 0.309 e. The Balaban J connectivity index is 1.18. The third kappa shape index (κ3) is 5.16. The first-order valence-electron chi connectivity index (χ1n) is 17.2. The van der Waals surface area contributed by atoms with Crippen molar-refractivity contribution >= 4 is 65.0 Å². The molecule has 0 saturated carbocycles. The Kier molecular flexibility index (Phi) is 7.00. The van der Waals surface area contributed by atoms with Crippen LogP contribution in [-0.4, -0.2) is 9.38 Å². The molecule has 4 heteroatoms. The Morgan fingerprint density at radius 3 is 1.82 bits per heavy atom. The van der Waals surface area contributed by atoms with Crippen molar-refractivity contribution in [2.45, 2.75) is 0 Å². The van der Waals surface area contributed by atoms with Crippen molar-refractivity contribution in [2.75, 3.05) is 4.90 Å². The van der Waals surface area contributed by atoms with Gasteiger partial charge in [0.2, 0.25) is 0 Å². The predicted molar refractivity (Wildman–Crippen MR) is 217 cm³/mol. The fraction of sp³-hybridized carbons (Fsp3) is 0. The summed E-state index contributed by atoms with van der Waals surface area (Å²) in [6.07, 6.45) is 4.14. The third-order valence-electron chi connectivity index (χ3n) is 9.81. The quantitative estimate of drug-likeness (QED) is 0.176. The van der Waals surface area contributed by atoms with Gasteiger partial charge in [-0.3, -0.25) is 0 Å². The van der Waals surface area contributed by atoms with Gasteiger partial charge in [0.25, 0.3) is 0 Å². The van der Waals surface area contributed by atoms with E-state index < -0.39 is 0 Å². The van der Waals surface area contributed by atoms with Gasteiger partial charge in [0.1, 0.15) is 5.65 Å². The molecule has 51 heavy (non-hydrogen) atoms. The number of rotatable bonds is 6. The van der Waals surface area contributed by atoms with E-state index in [4.69, 9.17) is 4.98 Å². The summed E-state index contributed by atoms with van der Waals surface area (Å²) in [6, 6.07) is 63.3. The van der Waals surface area contributed by atoms with Crippen molar-refractivity contribution in [1.82, 2.24) is 9.38 Å². The summed E-state index contributed by atoms with van der Waals surface area (Å²) < 4.78 is 4.62. The summed E-state index contributed by atoms with van der Waals surface area (Å²) in [4.78, 5) is 7.31. The molecule has 10 aromatic rings. The van der Waals surface area contributed by atoms with Crippen LogP contribution >= 0.6 is 11.3 Å². The van der Waals surface area contributed by atoms with Gasteiger partial charge >= 0.3 is 0 Å². The van der Waals surface area contributed by atoms with Gasteiger partial charge in [-0.15, -0.1) is 11.3 Å². The van der Waals surface area contributed by atoms with E-state index in [1.54, 1.807) is 0 Å². The van der Waals surface area contributed by atoms with Crippen LogP contribution < -0.4 is 4.90 Å². The zero-order chi connectivity index (χ0) is 33.7. The number of hydrogen-bond acceptors (Lipinski definition) is 3. The second-order valence-electron chi connectivity index (χ2n) is 12.9. The molecule has 0 spiro atoms. The first-order chi connectivity index (χ1) is 25.3. The molecule has 3 heterocycles. The second-order valence-corrected chi connectivity index (χ2v) is 13.9. The molecule has 0 aliphatic rings. The Hall–Kier alpha value is -6.49. The molecule has 0 N–H and O–H groups in total. The molecule has 0 radical (unpaired) electrons. The lowest BCUT2D eigenvalue weighted by molar-refractivity contribution is 1.19. The van der Waals surface area contributed by atoms with Crippen molar-refractivity contribution in [3.05, 3.63) is 188 Å². The molecule has 0 saturated heterocycles. The molecule has 7 aromatic carbocycles. The van der Waals surface area contributed by atoms with E-state index >= 15 is 0 Å². The highest BCUT2D eigenvalue weighted by Gasteiger charge is 2.21. The molecule has 0 aliphatic carbocycles. The lowest BCUT2D eigenvalue weighted by Crippen LogP contribution is -2.10. The lowest BCUT2D eigenvalue weighted by Gasteiger charge is -2.27. The Labute approximate surface area is 299 Å². The van der Waals surface area contributed by atoms with Gasteiger partial charge in [-0.25, -0.2) is 4.98 Å². The maximum atomic E-state index is 4.89. The summed E-state index contributed by atoms with van der Waals surface area (Å²) in [7, 11) is 0. The average molecular weight is 670 g/mol. The van der Waals surface area contributed by atoms with Crippen LogP contribution in [-0.2, 0) is 0 Å². The molecule has 3 aromatic heterocycles. The lowest BCUT2D eigenvalue weighted by atomic mass is 9.98. The highest BCUT2D eigenvalue weighted by atomic mass is 32.1. The van der Waals surface area contributed by atoms with Crippen LogP contribution in [0.15, 0.2) is 188 Å². The molecular formula is C47H31N3S. The summed E-state index contributed by atoms with van der Waals surface area (Å²) in [6.45, 7) is 0. The standard InChI is InChI=1S/C47H31N3S/c1-3-11-32(12-4-1)34-18-23-38(24-19-34)50(39-25-20-35(21-26-39)42-31-49-28-10-9-17-45(49)48-42)43-30-37-15-7-8-16-40(37)46-41-29-36(33-13-5-2-6-14-33)22-27-44(41)51-47(43)46/h1-31H. The molecule has 240 valence electrons. The molecule has 0 fully saturated rings. The van der Waals surface area contributed by atoms with Gasteiger partial charge in [0.15, 0.2) is 0 Å². The fourth-order valence-corrected chi connectivity index (χ4v) is 8.50. The van der Waals surface area contributed by atoms with Crippen LogP contribution in [0.3, 0.4) is 0 Å². The number of pyridine rings is 1. The van der Waals surface area contributed by atoms with E-state index in [9.17, 15) is 0 Å². The van der Waals surface area contributed by atoms with Crippen molar-refractivity contribution in [1.29, 1.82) is 0 Å². The van der Waals surface area contributed by atoms with Crippen LogP contribution in [0.5, 0.6) is 0 Å². The second kappa shape index (κ2) is 12.1. The Morgan fingerprint density at radius 2 is 1.10 bits per heavy atom. The zero-order valence-electron chi connectivity index (χ0n) is 27.6. The van der Waals surface area contributed by atoms with E-state index in [0.29, 0.717) is 0 Å². The minimum Gasteiger partial charge on any atom is -0.309 e. The van der Waals surface area contributed by atoms with Crippen molar-refractivity contribution < 1.29 is 0 Å².